The Balaban J connectivity index is -0.000000980. The summed E-state index contributed by atoms with van der Waals surface area (Å²) in [6.45, 7) is 6.29. The van der Waals surface area contributed by atoms with Crippen LogP contribution in [-0.4, -0.2) is 36.5 Å². The average molecular weight is 580 g/mol. The molecule has 96 valence electrons. The van der Waals surface area contributed by atoms with Crippen LogP contribution >= 0.6 is 0 Å². The van der Waals surface area contributed by atoms with Gasteiger partial charge in [0.15, 0.2) is 0 Å². The third-order valence-corrected chi connectivity index (χ3v) is 1.43. The first kappa shape index (κ1) is 21.7. The first-order valence-corrected chi connectivity index (χ1v) is 4.23. The molecule has 0 rings (SSSR count). The second kappa shape index (κ2) is 11.9. The Morgan fingerprint density at radius 3 is 1.29 bits per heavy atom. The van der Waals surface area contributed by atoms with Crippen LogP contribution in [0.25, 0.3) is 0 Å². The minimum Gasteiger partial charge on any atom is -0.427 e. The van der Waals surface area contributed by atoms with Crippen molar-refractivity contribution in [2.75, 3.05) is 13.1 Å². The summed E-state index contributed by atoms with van der Waals surface area (Å²) in [5.74, 6) is -3.16. The van der Waals surface area contributed by atoms with E-state index in [1.165, 1.54) is 0 Å². The number of hydrogen-bond donors (Lipinski definition) is 2. The van der Waals surface area contributed by atoms with Gasteiger partial charge in [0, 0.05) is 55.2 Å². The van der Waals surface area contributed by atoms with Crippen molar-refractivity contribution in [2.45, 2.75) is 6.42 Å². The van der Waals surface area contributed by atoms with Crippen LogP contribution in [-0.2, 0) is 61.3 Å². The van der Waals surface area contributed by atoms with E-state index < -0.39 is 23.4 Å². The van der Waals surface area contributed by atoms with Crippen LogP contribution < -0.4 is 10.6 Å². The van der Waals surface area contributed by atoms with E-state index >= 15 is 0 Å². The van der Waals surface area contributed by atoms with Crippen molar-refractivity contribution in [3.63, 3.8) is 0 Å². The van der Waals surface area contributed by atoms with E-state index in [-0.39, 0.29) is 55.2 Å². The molecule has 0 saturated heterocycles. The zero-order chi connectivity index (χ0) is 11.8. The van der Waals surface area contributed by atoms with Gasteiger partial charge >= 0.3 is 0 Å². The molecule has 0 aliphatic carbocycles. The van der Waals surface area contributed by atoms with Gasteiger partial charge in [-0.05, 0) is 6.42 Å². The second-order valence-electron chi connectivity index (χ2n) is 2.71. The van der Waals surface area contributed by atoms with Gasteiger partial charge in [0.05, 0.1) is 11.6 Å². The van der Waals surface area contributed by atoms with Crippen molar-refractivity contribution < 1.29 is 61.3 Å². The number of hydrogen-bond acceptors (Lipinski definition) is 4. The predicted molar refractivity (Wildman–Crippen MR) is 51.4 cm³/mol. The summed E-state index contributed by atoms with van der Waals surface area (Å²) in [4.78, 5) is 42.1. The molecular formula is C9H12N2O4W2-2. The van der Waals surface area contributed by atoms with Crippen molar-refractivity contribution in [3.05, 3.63) is 13.8 Å². The number of nitrogens with one attached hydrogen (secondary N) is 2. The van der Waals surface area contributed by atoms with Crippen LogP contribution in [0.3, 0.4) is 0 Å². The van der Waals surface area contributed by atoms with Gasteiger partial charge in [-0.25, -0.2) is 0 Å². The van der Waals surface area contributed by atoms with Crippen LogP contribution in [0.5, 0.6) is 0 Å². The summed E-state index contributed by atoms with van der Waals surface area (Å²) in [5.41, 5.74) is 0. The fraction of sp³-hybridized carbons (Fsp3) is 0.333. The molecular weight excluding hydrogens is 568 g/mol. The molecule has 0 radical (unpaired) electrons. The summed E-state index contributed by atoms with van der Waals surface area (Å²) in [7, 11) is 0. The van der Waals surface area contributed by atoms with Crippen molar-refractivity contribution in [1.82, 2.24) is 10.6 Å². The van der Waals surface area contributed by atoms with Gasteiger partial charge in [-0.15, -0.1) is 0 Å². The number of ketones is 2. The van der Waals surface area contributed by atoms with E-state index in [4.69, 9.17) is 0 Å². The summed E-state index contributed by atoms with van der Waals surface area (Å²) < 4.78 is 0. The third-order valence-electron chi connectivity index (χ3n) is 1.43. The maximum atomic E-state index is 10.7. The van der Waals surface area contributed by atoms with Crippen LogP contribution in [0.2, 0.25) is 0 Å². The Morgan fingerprint density at radius 2 is 1.06 bits per heavy atom. The summed E-state index contributed by atoms with van der Waals surface area (Å²) in [6.07, 6.45) is 0.415. The molecule has 0 bridgehead atoms. The largest absolute Gasteiger partial charge is 0.427 e. The van der Waals surface area contributed by atoms with Gasteiger partial charge in [-0.3, -0.25) is 0 Å². The van der Waals surface area contributed by atoms with Gasteiger partial charge in [-0.1, -0.05) is 0 Å². The first-order chi connectivity index (χ1) is 6.95. The van der Waals surface area contributed by atoms with Crippen molar-refractivity contribution in [1.29, 1.82) is 0 Å². The maximum Gasteiger partial charge on any atom is 0.131 e. The Bertz CT molecular complexity index is 267. The summed E-state index contributed by atoms with van der Waals surface area (Å²) >= 11 is 0. The molecule has 2 amide bonds. The minimum absolute atomic E-state index is 0. The quantitative estimate of drug-likeness (QED) is 0.226. The fourth-order valence-electron chi connectivity index (χ4n) is 0.689. The molecule has 0 aliphatic rings. The topological polar surface area (TPSA) is 92.3 Å². The Hall–Kier alpha value is -0.603. The zero-order valence-corrected chi connectivity index (χ0v) is 14.9. The Morgan fingerprint density at radius 1 is 0.765 bits per heavy atom. The third kappa shape index (κ3) is 11.7. The van der Waals surface area contributed by atoms with Gasteiger partial charge in [0.25, 0.3) is 0 Å². The summed E-state index contributed by atoms with van der Waals surface area (Å²) in [6, 6.07) is 0. The van der Waals surface area contributed by atoms with Gasteiger partial charge in [0.2, 0.25) is 0 Å². The molecule has 0 unspecified atom stereocenters. The molecule has 2 N–H and O–H groups in total. The minimum atomic E-state index is -0.813. The molecule has 0 aromatic rings. The van der Waals surface area contributed by atoms with Crippen LogP contribution in [0.4, 0.5) is 0 Å². The van der Waals surface area contributed by atoms with Crippen LogP contribution in [0, 0.1) is 13.8 Å². The van der Waals surface area contributed by atoms with Gasteiger partial charge in [-0.2, -0.15) is 13.8 Å². The molecule has 0 spiro atoms. The van der Waals surface area contributed by atoms with E-state index in [9.17, 15) is 19.2 Å². The van der Waals surface area contributed by atoms with Gasteiger partial charge < -0.3 is 29.8 Å². The molecule has 17 heavy (non-hydrogen) atoms. The average Bonchev–Trinajstić information content (AvgIpc) is 2.16. The molecule has 6 nitrogen and oxygen atoms in total. The van der Waals surface area contributed by atoms with Crippen molar-refractivity contribution in [3.8, 4) is 0 Å². The van der Waals surface area contributed by atoms with E-state index in [0.717, 1.165) is 0 Å². The van der Waals surface area contributed by atoms with Gasteiger partial charge in [0.1, 0.15) is 11.8 Å². The molecule has 0 fully saturated rings. The van der Waals surface area contributed by atoms with Crippen LogP contribution in [0.1, 0.15) is 6.42 Å². The Kier molecular flexibility index (Phi) is 15.1. The zero-order valence-electron chi connectivity index (χ0n) is 8.99. The number of carbonyl (C=O) groups is 4. The monoisotopic (exact) mass is 580 g/mol. The number of Topliss-reactive ketones (excluding diaryl/α,β-unsaturated/α-hetero) is 2. The second-order valence-corrected chi connectivity index (χ2v) is 2.71. The smallest absolute Gasteiger partial charge is 0.131 e. The molecule has 0 aliphatic heterocycles. The molecule has 0 heterocycles. The number of amides is 2. The van der Waals surface area contributed by atoms with E-state index in [1.807, 2.05) is 0 Å². The first-order valence-electron chi connectivity index (χ1n) is 4.23. The fourth-order valence-corrected chi connectivity index (χ4v) is 0.689. The standard InChI is InChI=1S/C9H12N2O4.2W/c1-6(12)8(14)10-4-3-5-11-9(15)7(2)13;;/h1-5H2,(H,10,14)(H,11,15);;/q-2;;. The molecule has 8 heteroatoms. The predicted octanol–water partition coefficient (Wildman–Crippen LogP) is -1.59. The molecule has 0 saturated carbocycles. The van der Waals surface area contributed by atoms with E-state index in [0.29, 0.717) is 6.42 Å². The Labute approximate surface area is 128 Å². The van der Waals surface area contributed by atoms with E-state index in [2.05, 4.69) is 24.5 Å². The SMILES string of the molecule is [CH2-]C(=O)C(=O)NCCCNC(=O)C([CH2-])=O.[W].[W]. The molecule has 0 aromatic carbocycles. The normalized spacial score (nSPS) is 8.00. The van der Waals surface area contributed by atoms with E-state index in [1.54, 1.807) is 0 Å². The molecule has 0 atom stereocenters. The molecule has 0 aromatic heterocycles. The van der Waals surface area contributed by atoms with Crippen molar-refractivity contribution >= 4 is 23.4 Å². The number of carbonyl (C=O) groups excluding carboxylic acids is 4. The summed E-state index contributed by atoms with van der Waals surface area (Å²) in [5, 5.41) is 4.56. The van der Waals surface area contributed by atoms with Crippen LogP contribution in [0.15, 0.2) is 0 Å². The van der Waals surface area contributed by atoms with Crippen molar-refractivity contribution in [2.24, 2.45) is 0 Å². The number of rotatable bonds is 6. The maximum absolute atomic E-state index is 10.7.